The zero-order chi connectivity index (χ0) is 17.7. The van der Waals surface area contributed by atoms with E-state index in [1.54, 1.807) is 6.07 Å². The van der Waals surface area contributed by atoms with Gasteiger partial charge in [-0.1, -0.05) is 36.2 Å². The van der Waals surface area contributed by atoms with Gasteiger partial charge >= 0.3 is 0 Å². The molecule has 24 heavy (non-hydrogen) atoms. The Kier molecular flexibility index (Phi) is 7.55. The summed E-state index contributed by atoms with van der Waals surface area (Å²) in [6.07, 6.45) is 1.48. The first-order chi connectivity index (χ1) is 11.4. The Morgan fingerprint density at radius 2 is 1.79 bits per heavy atom. The molecule has 0 radical (unpaired) electrons. The van der Waals surface area contributed by atoms with Gasteiger partial charge < -0.3 is 0 Å². The van der Waals surface area contributed by atoms with Crippen molar-refractivity contribution in [2.45, 2.75) is 45.6 Å². The Hall–Kier alpha value is -0.610. The summed E-state index contributed by atoms with van der Waals surface area (Å²) in [5.41, 5.74) is 0.981. The molecule has 0 saturated carbocycles. The third-order valence-corrected chi connectivity index (χ3v) is 5.55. The fourth-order valence-corrected chi connectivity index (χ4v) is 3.57. The molecule has 1 aromatic rings. The first kappa shape index (κ1) is 19.7. The van der Waals surface area contributed by atoms with Crippen molar-refractivity contribution < 1.29 is 4.79 Å². The SMILES string of the molecule is CCCC(=O)[C@H](CN1CCN(C(C)C)CC1)c1ccc(Cl)c(Cl)c1. The summed E-state index contributed by atoms with van der Waals surface area (Å²) in [4.78, 5) is 17.6. The van der Waals surface area contributed by atoms with E-state index in [9.17, 15) is 4.79 Å². The lowest BCUT2D eigenvalue weighted by molar-refractivity contribution is -0.121. The minimum Gasteiger partial charge on any atom is -0.300 e. The molecule has 1 atom stereocenters. The van der Waals surface area contributed by atoms with Gasteiger partial charge in [0.05, 0.1) is 16.0 Å². The molecule has 5 heteroatoms. The molecule has 1 saturated heterocycles. The highest BCUT2D eigenvalue weighted by Gasteiger charge is 2.26. The lowest BCUT2D eigenvalue weighted by Crippen LogP contribution is -2.50. The Bertz CT molecular complexity index is 554. The van der Waals surface area contributed by atoms with Crippen LogP contribution in [0.25, 0.3) is 0 Å². The second-order valence-corrected chi connectivity index (χ2v) is 7.69. The second-order valence-electron chi connectivity index (χ2n) is 6.87. The standard InChI is InChI=1S/C19H28Cl2N2O/c1-4-5-19(24)16(15-6-7-17(20)18(21)12-15)13-22-8-10-23(11-9-22)14(2)3/h6-7,12,14,16H,4-5,8-11,13H2,1-3H3/t16-/m1/s1. The van der Waals surface area contributed by atoms with Gasteiger partial charge in [0.1, 0.15) is 5.78 Å². The molecule has 0 amide bonds. The molecule has 1 aliphatic rings. The second kappa shape index (κ2) is 9.19. The van der Waals surface area contributed by atoms with Crippen LogP contribution in [0.2, 0.25) is 10.0 Å². The quantitative estimate of drug-likeness (QED) is 0.707. The van der Waals surface area contributed by atoms with Crippen LogP contribution < -0.4 is 0 Å². The smallest absolute Gasteiger partial charge is 0.141 e. The average Bonchev–Trinajstić information content (AvgIpc) is 2.56. The maximum absolute atomic E-state index is 12.7. The minimum absolute atomic E-state index is 0.120. The first-order valence-electron chi connectivity index (χ1n) is 8.86. The van der Waals surface area contributed by atoms with E-state index in [0.29, 0.717) is 28.3 Å². The third kappa shape index (κ3) is 5.19. The summed E-state index contributed by atoms with van der Waals surface area (Å²) in [7, 11) is 0. The number of halogens is 2. The maximum Gasteiger partial charge on any atom is 0.141 e. The number of rotatable bonds is 7. The molecule has 134 valence electrons. The number of piperazine rings is 1. The normalized spacial score (nSPS) is 18.1. The number of ketones is 1. The predicted octanol–water partition coefficient (Wildman–Crippen LogP) is 4.47. The molecule has 3 nitrogen and oxygen atoms in total. The number of hydrogen-bond donors (Lipinski definition) is 0. The Balaban J connectivity index is 2.09. The summed E-state index contributed by atoms with van der Waals surface area (Å²) in [6, 6.07) is 6.17. The van der Waals surface area contributed by atoms with E-state index in [0.717, 1.165) is 44.7 Å². The highest BCUT2D eigenvalue weighted by molar-refractivity contribution is 6.42. The zero-order valence-electron chi connectivity index (χ0n) is 14.9. The van der Waals surface area contributed by atoms with Gasteiger partial charge in [-0.05, 0) is 38.0 Å². The fourth-order valence-electron chi connectivity index (χ4n) is 3.26. The molecular weight excluding hydrogens is 343 g/mol. The number of carbonyl (C=O) groups is 1. The monoisotopic (exact) mass is 370 g/mol. The van der Waals surface area contributed by atoms with Crippen molar-refractivity contribution in [3.8, 4) is 0 Å². The van der Waals surface area contributed by atoms with Crippen LogP contribution in [0.4, 0.5) is 0 Å². The van der Waals surface area contributed by atoms with Crippen molar-refractivity contribution in [1.82, 2.24) is 9.80 Å². The molecule has 0 N–H and O–H groups in total. The highest BCUT2D eigenvalue weighted by Crippen LogP contribution is 2.28. The number of Topliss-reactive ketones (excluding diaryl/α,β-unsaturated/α-hetero) is 1. The number of benzene rings is 1. The van der Waals surface area contributed by atoms with Crippen LogP contribution in [0.15, 0.2) is 18.2 Å². The van der Waals surface area contributed by atoms with Gasteiger partial charge in [-0.3, -0.25) is 14.6 Å². The highest BCUT2D eigenvalue weighted by atomic mass is 35.5. The van der Waals surface area contributed by atoms with Gasteiger partial charge in [0.25, 0.3) is 0 Å². The Morgan fingerprint density at radius 1 is 1.12 bits per heavy atom. The van der Waals surface area contributed by atoms with Crippen LogP contribution in [0, 0.1) is 0 Å². The molecule has 1 heterocycles. The molecule has 1 fully saturated rings. The number of hydrogen-bond acceptors (Lipinski definition) is 3. The molecule has 1 aromatic carbocycles. The van der Waals surface area contributed by atoms with E-state index in [2.05, 4.69) is 23.6 Å². The van der Waals surface area contributed by atoms with Crippen LogP contribution >= 0.6 is 23.2 Å². The van der Waals surface area contributed by atoms with Crippen molar-refractivity contribution in [2.75, 3.05) is 32.7 Å². The molecule has 0 spiro atoms. The van der Waals surface area contributed by atoms with Crippen LogP contribution in [0.3, 0.4) is 0 Å². The van der Waals surface area contributed by atoms with E-state index in [1.807, 2.05) is 19.1 Å². The first-order valence-corrected chi connectivity index (χ1v) is 9.62. The van der Waals surface area contributed by atoms with Crippen molar-refractivity contribution in [3.05, 3.63) is 33.8 Å². The zero-order valence-corrected chi connectivity index (χ0v) is 16.4. The topological polar surface area (TPSA) is 23.6 Å². The van der Waals surface area contributed by atoms with Gasteiger partial charge in [0.15, 0.2) is 0 Å². The molecule has 0 unspecified atom stereocenters. The fraction of sp³-hybridized carbons (Fsp3) is 0.632. The van der Waals surface area contributed by atoms with Crippen LogP contribution in [-0.4, -0.2) is 54.3 Å². The van der Waals surface area contributed by atoms with E-state index in [-0.39, 0.29) is 5.92 Å². The lowest BCUT2D eigenvalue weighted by Gasteiger charge is -2.38. The molecular formula is C19H28Cl2N2O. The Labute approximate surface area is 155 Å². The van der Waals surface area contributed by atoms with Gasteiger partial charge in [-0.25, -0.2) is 0 Å². The van der Waals surface area contributed by atoms with E-state index in [4.69, 9.17) is 23.2 Å². The number of nitrogens with zero attached hydrogens (tertiary/aromatic N) is 2. The summed E-state index contributed by atoms with van der Waals surface area (Å²) >= 11 is 12.2. The maximum atomic E-state index is 12.7. The summed E-state index contributed by atoms with van der Waals surface area (Å²) in [6.45, 7) is 11.4. The molecule has 2 rings (SSSR count). The van der Waals surface area contributed by atoms with Gasteiger partial charge in [-0.15, -0.1) is 0 Å². The number of carbonyl (C=O) groups excluding carboxylic acids is 1. The van der Waals surface area contributed by atoms with Crippen molar-refractivity contribution in [3.63, 3.8) is 0 Å². The predicted molar refractivity (Wildman–Crippen MR) is 102 cm³/mol. The average molecular weight is 371 g/mol. The van der Waals surface area contributed by atoms with E-state index in [1.165, 1.54) is 0 Å². The summed E-state index contributed by atoms with van der Waals surface area (Å²) < 4.78 is 0. The lowest BCUT2D eigenvalue weighted by atomic mass is 9.91. The van der Waals surface area contributed by atoms with Gasteiger partial charge in [0.2, 0.25) is 0 Å². The summed E-state index contributed by atoms with van der Waals surface area (Å²) in [5, 5.41) is 1.06. The molecule has 0 bridgehead atoms. The van der Waals surface area contributed by atoms with Crippen LogP contribution in [0.5, 0.6) is 0 Å². The van der Waals surface area contributed by atoms with Crippen LogP contribution in [-0.2, 0) is 4.79 Å². The van der Waals surface area contributed by atoms with E-state index < -0.39 is 0 Å². The minimum atomic E-state index is -0.120. The largest absolute Gasteiger partial charge is 0.300 e. The van der Waals surface area contributed by atoms with Crippen molar-refractivity contribution in [2.24, 2.45) is 0 Å². The van der Waals surface area contributed by atoms with Crippen molar-refractivity contribution >= 4 is 29.0 Å². The molecule has 0 aromatic heterocycles. The third-order valence-electron chi connectivity index (χ3n) is 4.81. The molecule has 0 aliphatic carbocycles. The Morgan fingerprint density at radius 3 is 2.33 bits per heavy atom. The van der Waals surface area contributed by atoms with E-state index >= 15 is 0 Å². The van der Waals surface area contributed by atoms with Crippen LogP contribution in [0.1, 0.15) is 45.1 Å². The molecule has 1 aliphatic heterocycles. The summed E-state index contributed by atoms with van der Waals surface area (Å²) in [5.74, 6) is 0.174. The van der Waals surface area contributed by atoms with Crippen molar-refractivity contribution in [1.29, 1.82) is 0 Å². The van der Waals surface area contributed by atoms with Gasteiger partial charge in [-0.2, -0.15) is 0 Å². The van der Waals surface area contributed by atoms with Gasteiger partial charge in [0, 0.05) is 45.2 Å².